The molecule has 0 saturated heterocycles. The Morgan fingerprint density at radius 3 is 2.43 bits per heavy atom. The van der Waals surface area contributed by atoms with Crippen LogP contribution >= 0.6 is 0 Å². The maximum Gasteiger partial charge on any atom is 0.174 e. The van der Waals surface area contributed by atoms with E-state index in [1.54, 1.807) is 0 Å². The number of hydrogen-bond donors (Lipinski definition) is 1. The average molecular weight is 288 g/mol. The van der Waals surface area contributed by atoms with Crippen molar-refractivity contribution in [3.05, 3.63) is 46.3 Å². The van der Waals surface area contributed by atoms with Crippen LogP contribution in [0.5, 0.6) is 5.75 Å². The van der Waals surface area contributed by atoms with Crippen molar-refractivity contribution >= 4 is 0 Å². The zero-order chi connectivity index (χ0) is 15.2. The lowest BCUT2D eigenvalue weighted by Crippen LogP contribution is -2.14. The number of hydrogen-bond acceptors (Lipinski definition) is 4. The number of nitrogens with one attached hydrogen (secondary N) is 1. The van der Waals surface area contributed by atoms with Crippen molar-refractivity contribution in [1.82, 2.24) is 10.5 Å². The van der Waals surface area contributed by atoms with Gasteiger partial charge in [-0.1, -0.05) is 24.2 Å². The Labute approximate surface area is 126 Å². The van der Waals surface area contributed by atoms with E-state index in [2.05, 4.69) is 43.4 Å². The maximum atomic E-state index is 5.89. The highest BCUT2D eigenvalue weighted by Crippen LogP contribution is 2.26. The molecule has 0 aliphatic heterocycles. The summed E-state index contributed by atoms with van der Waals surface area (Å²) >= 11 is 0. The van der Waals surface area contributed by atoms with Crippen LogP contribution in [0.25, 0.3) is 0 Å². The molecule has 114 valence electrons. The molecule has 0 radical (unpaired) electrons. The zero-order valence-corrected chi connectivity index (χ0v) is 13.3. The summed E-state index contributed by atoms with van der Waals surface area (Å²) in [4.78, 5) is 0. The van der Waals surface area contributed by atoms with E-state index in [-0.39, 0.29) is 0 Å². The summed E-state index contributed by atoms with van der Waals surface area (Å²) in [5, 5.41) is 7.29. The molecule has 1 N–H and O–H groups in total. The molecule has 0 saturated carbocycles. The highest BCUT2D eigenvalue weighted by atomic mass is 16.5. The molecule has 0 fully saturated rings. The summed E-state index contributed by atoms with van der Waals surface area (Å²) in [6.45, 7) is 10.6. The van der Waals surface area contributed by atoms with E-state index in [9.17, 15) is 0 Å². The van der Waals surface area contributed by atoms with Crippen molar-refractivity contribution in [2.45, 2.75) is 47.3 Å². The number of aromatic nitrogens is 1. The molecule has 21 heavy (non-hydrogen) atoms. The van der Waals surface area contributed by atoms with Gasteiger partial charge in [0.1, 0.15) is 12.4 Å². The first-order chi connectivity index (χ1) is 10.1. The normalized spacial score (nSPS) is 10.9. The molecule has 2 aromatic rings. The monoisotopic (exact) mass is 288 g/mol. The Bertz CT molecular complexity index is 567. The van der Waals surface area contributed by atoms with Crippen LogP contribution in [0.1, 0.15) is 41.5 Å². The van der Waals surface area contributed by atoms with Gasteiger partial charge in [-0.2, -0.15) is 0 Å². The molecule has 0 spiro atoms. The van der Waals surface area contributed by atoms with Gasteiger partial charge in [0.2, 0.25) is 0 Å². The minimum Gasteiger partial charge on any atom is -0.485 e. The smallest absolute Gasteiger partial charge is 0.174 e. The molecule has 4 heteroatoms. The first kappa shape index (κ1) is 15.6. The highest BCUT2D eigenvalue weighted by Gasteiger charge is 2.08. The number of nitrogens with zero attached hydrogens (tertiary/aromatic N) is 1. The molecule has 2 rings (SSSR count). The van der Waals surface area contributed by atoms with Crippen molar-refractivity contribution in [1.29, 1.82) is 0 Å². The fourth-order valence-corrected chi connectivity index (χ4v) is 2.41. The van der Waals surface area contributed by atoms with Crippen molar-refractivity contribution in [2.75, 3.05) is 6.54 Å². The van der Waals surface area contributed by atoms with Crippen LogP contribution in [-0.2, 0) is 13.2 Å². The SMILES string of the molecule is CCCNCc1cc(C)c(OCc2cc(C)no2)c(C)c1. The second kappa shape index (κ2) is 7.27. The first-order valence-electron chi connectivity index (χ1n) is 7.46. The lowest BCUT2D eigenvalue weighted by Gasteiger charge is -2.13. The van der Waals surface area contributed by atoms with Gasteiger partial charge in [0.15, 0.2) is 5.76 Å². The van der Waals surface area contributed by atoms with Crippen molar-refractivity contribution in [3.8, 4) is 5.75 Å². The van der Waals surface area contributed by atoms with Crippen LogP contribution in [0, 0.1) is 20.8 Å². The Hall–Kier alpha value is -1.81. The van der Waals surface area contributed by atoms with E-state index < -0.39 is 0 Å². The van der Waals surface area contributed by atoms with Gasteiger partial charge >= 0.3 is 0 Å². The maximum absolute atomic E-state index is 5.89. The number of aryl methyl sites for hydroxylation is 3. The molecule has 0 unspecified atom stereocenters. The van der Waals surface area contributed by atoms with Gasteiger partial charge in [-0.15, -0.1) is 0 Å². The second-order valence-corrected chi connectivity index (χ2v) is 5.46. The molecule has 0 aliphatic carbocycles. The largest absolute Gasteiger partial charge is 0.485 e. The summed E-state index contributed by atoms with van der Waals surface area (Å²) in [7, 11) is 0. The lowest BCUT2D eigenvalue weighted by atomic mass is 10.1. The zero-order valence-electron chi connectivity index (χ0n) is 13.3. The third-order valence-electron chi connectivity index (χ3n) is 3.31. The summed E-state index contributed by atoms with van der Waals surface area (Å²) in [6.07, 6.45) is 1.15. The minimum absolute atomic E-state index is 0.413. The standard InChI is InChI=1S/C17H24N2O2/c1-5-6-18-10-15-7-12(2)17(13(3)8-15)20-11-16-9-14(4)19-21-16/h7-9,18H,5-6,10-11H2,1-4H3. The topological polar surface area (TPSA) is 47.3 Å². The summed E-state index contributed by atoms with van der Waals surface area (Å²) in [6, 6.07) is 6.25. The molecule has 0 aliphatic rings. The summed E-state index contributed by atoms with van der Waals surface area (Å²) in [5.41, 5.74) is 4.47. The predicted octanol–water partition coefficient (Wildman–Crippen LogP) is 3.68. The van der Waals surface area contributed by atoms with E-state index in [0.717, 1.165) is 47.8 Å². The van der Waals surface area contributed by atoms with Crippen LogP contribution in [-0.4, -0.2) is 11.7 Å². The van der Waals surface area contributed by atoms with Gasteiger partial charge in [0.25, 0.3) is 0 Å². The Kier molecular flexibility index (Phi) is 5.39. The molecule has 0 bridgehead atoms. The van der Waals surface area contributed by atoms with Crippen molar-refractivity contribution in [2.24, 2.45) is 0 Å². The van der Waals surface area contributed by atoms with Crippen molar-refractivity contribution < 1.29 is 9.26 Å². The number of rotatable bonds is 7. The molecular formula is C17H24N2O2. The second-order valence-electron chi connectivity index (χ2n) is 5.46. The van der Waals surface area contributed by atoms with Gasteiger partial charge in [-0.25, -0.2) is 0 Å². The molecule has 1 heterocycles. The molecular weight excluding hydrogens is 264 g/mol. The van der Waals surface area contributed by atoms with Crippen LogP contribution < -0.4 is 10.1 Å². The lowest BCUT2D eigenvalue weighted by molar-refractivity contribution is 0.246. The van der Waals surface area contributed by atoms with Gasteiger partial charge in [-0.05, 0) is 50.4 Å². The van der Waals surface area contributed by atoms with E-state index in [1.807, 2.05) is 13.0 Å². The quantitative estimate of drug-likeness (QED) is 0.790. The van der Waals surface area contributed by atoms with Gasteiger partial charge in [0.05, 0.1) is 5.69 Å². The number of benzene rings is 1. The van der Waals surface area contributed by atoms with E-state index in [0.29, 0.717) is 6.61 Å². The van der Waals surface area contributed by atoms with E-state index in [1.165, 1.54) is 5.56 Å². The molecule has 4 nitrogen and oxygen atoms in total. The van der Waals surface area contributed by atoms with Gasteiger partial charge in [0, 0.05) is 12.6 Å². The third-order valence-corrected chi connectivity index (χ3v) is 3.31. The van der Waals surface area contributed by atoms with Gasteiger partial charge in [-0.3, -0.25) is 0 Å². The molecule has 1 aromatic heterocycles. The van der Waals surface area contributed by atoms with Crippen LogP contribution in [0.15, 0.2) is 22.7 Å². The van der Waals surface area contributed by atoms with Crippen LogP contribution in [0.3, 0.4) is 0 Å². The van der Waals surface area contributed by atoms with E-state index in [4.69, 9.17) is 9.26 Å². The Morgan fingerprint density at radius 1 is 1.14 bits per heavy atom. The minimum atomic E-state index is 0.413. The van der Waals surface area contributed by atoms with Crippen molar-refractivity contribution in [3.63, 3.8) is 0 Å². The first-order valence-corrected chi connectivity index (χ1v) is 7.46. The summed E-state index contributed by atoms with van der Waals surface area (Å²) in [5.74, 6) is 1.68. The van der Waals surface area contributed by atoms with Gasteiger partial charge < -0.3 is 14.6 Å². The molecule has 1 aromatic carbocycles. The van der Waals surface area contributed by atoms with Crippen LogP contribution in [0.2, 0.25) is 0 Å². The fourth-order valence-electron chi connectivity index (χ4n) is 2.41. The Morgan fingerprint density at radius 2 is 1.86 bits per heavy atom. The number of ether oxygens (including phenoxy) is 1. The van der Waals surface area contributed by atoms with E-state index >= 15 is 0 Å². The molecule has 0 atom stereocenters. The predicted molar refractivity (Wildman–Crippen MR) is 83.5 cm³/mol. The summed E-state index contributed by atoms with van der Waals surface area (Å²) < 4.78 is 11.1. The fraction of sp³-hybridized carbons (Fsp3) is 0.471. The Balaban J connectivity index is 2.02. The average Bonchev–Trinajstić information content (AvgIpc) is 2.84. The van der Waals surface area contributed by atoms with Crippen LogP contribution in [0.4, 0.5) is 0 Å². The highest BCUT2D eigenvalue weighted by molar-refractivity contribution is 5.43. The molecule has 0 amide bonds. The third kappa shape index (κ3) is 4.33.